The van der Waals surface area contributed by atoms with Crippen LogP contribution in [0.25, 0.3) is 0 Å². The van der Waals surface area contributed by atoms with Gasteiger partial charge in [0.15, 0.2) is 0 Å². The van der Waals surface area contributed by atoms with Gasteiger partial charge in [-0.05, 0) is 24.8 Å². The standard InChI is InChI=1S/C17H21NO5/c1-22-16(20)15-8-7-13(11-19)9-10-18(15)17(21)23-12-14-5-3-2-4-6-14/h2-6,11,13,15H,7-10,12H2,1H3/t13-,15-/m0/s1. The number of esters is 1. The summed E-state index contributed by atoms with van der Waals surface area (Å²) in [7, 11) is 1.29. The number of carbonyl (C=O) groups excluding carboxylic acids is 3. The summed E-state index contributed by atoms with van der Waals surface area (Å²) < 4.78 is 10.1. The fourth-order valence-electron chi connectivity index (χ4n) is 2.67. The van der Waals surface area contributed by atoms with Crippen molar-refractivity contribution in [2.45, 2.75) is 31.9 Å². The lowest BCUT2D eigenvalue weighted by atomic mass is 10.0. The number of aldehydes is 1. The normalized spacial score (nSPS) is 21.2. The van der Waals surface area contributed by atoms with Crippen molar-refractivity contribution in [2.24, 2.45) is 5.92 Å². The third-order valence-corrected chi connectivity index (χ3v) is 4.03. The predicted molar refractivity (Wildman–Crippen MR) is 82.5 cm³/mol. The molecule has 0 spiro atoms. The van der Waals surface area contributed by atoms with E-state index in [9.17, 15) is 14.4 Å². The van der Waals surface area contributed by atoms with E-state index >= 15 is 0 Å². The minimum atomic E-state index is -0.701. The van der Waals surface area contributed by atoms with Crippen LogP contribution in [0.5, 0.6) is 0 Å². The summed E-state index contributed by atoms with van der Waals surface area (Å²) in [6, 6.07) is 8.62. The molecule has 6 heteroatoms. The molecule has 1 heterocycles. The first-order chi connectivity index (χ1) is 11.2. The first-order valence-corrected chi connectivity index (χ1v) is 7.66. The lowest BCUT2D eigenvalue weighted by Crippen LogP contribution is -2.45. The molecule has 0 bridgehead atoms. The number of amides is 1. The lowest BCUT2D eigenvalue weighted by Gasteiger charge is -2.27. The van der Waals surface area contributed by atoms with Gasteiger partial charge in [-0.3, -0.25) is 4.90 Å². The molecule has 23 heavy (non-hydrogen) atoms. The van der Waals surface area contributed by atoms with Gasteiger partial charge in [-0.1, -0.05) is 30.3 Å². The Bertz CT molecular complexity index is 545. The molecule has 2 atom stereocenters. The van der Waals surface area contributed by atoms with E-state index in [1.807, 2.05) is 30.3 Å². The monoisotopic (exact) mass is 319 g/mol. The van der Waals surface area contributed by atoms with Crippen molar-refractivity contribution in [1.82, 2.24) is 4.90 Å². The molecule has 0 radical (unpaired) electrons. The van der Waals surface area contributed by atoms with Crippen LogP contribution in [0.2, 0.25) is 0 Å². The third-order valence-electron chi connectivity index (χ3n) is 4.03. The first kappa shape index (κ1) is 17.0. The summed E-state index contributed by atoms with van der Waals surface area (Å²) in [6.07, 6.45) is 1.81. The van der Waals surface area contributed by atoms with E-state index in [-0.39, 0.29) is 12.5 Å². The minimum Gasteiger partial charge on any atom is -0.467 e. The zero-order valence-corrected chi connectivity index (χ0v) is 13.1. The van der Waals surface area contributed by atoms with E-state index in [2.05, 4.69) is 0 Å². The molecule has 0 saturated carbocycles. The number of likely N-dealkylation sites (tertiary alicyclic amines) is 1. The topological polar surface area (TPSA) is 72.9 Å². The molecule has 0 aliphatic carbocycles. The summed E-state index contributed by atoms with van der Waals surface area (Å²) >= 11 is 0. The van der Waals surface area contributed by atoms with Gasteiger partial charge in [0, 0.05) is 12.5 Å². The van der Waals surface area contributed by atoms with Gasteiger partial charge in [-0.25, -0.2) is 9.59 Å². The van der Waals surface area contributed by atoms with Gasteiger partial charge in [-0.2, -0.15) is 0 Å². The number of hydrogen-bond donors (Lipinski definition) is 0. The molecule has 1 aliphatic rings. The quantitative estimate of drug-likeness (QED) is 0.628. The second-order valence-corrected chi connectivity index (χ2v) is 5.53. The number of methoxy groups -OCH3 is 1. The van der Waals surface area contributed by atoms with Crippen LogP contribution in [0.4, 0.5) is 4.79 Å². The zero-order chi connectivity index (χ0) is 16.7. The molecule has 1 aliphatic heterocycles. The predicted octanol–water partition coefficient (Wildman–Crippen LogP) is 2.17. The summed E-state index contributed by atoms with van der Waals surface area (Å²) in [5.41, 5.74) is 0.871. The van der Waals surface area contributed by atoms with Crippen LogP contribution in [0.1, 0.15) is 24.8 Å². The Morgan fingerprint density at radius 3 is 2.61 bits per heavy atom. The average Bonchev–Trinajstić information content (AvgIpc) is 2.82. The maximum Gasteiger partial charge on any atom is 0.410 e. The molecule has 2 rings (SSSR count). The van der Waals surface area contributed by atoms with E-state index in [0.29, 0.717) is 25.8 Å². The van der Waals surface area contributed by atoms with Crippen molar-refractivity contribution in [1.29, 1.82) is 0 Å². The smallest absolute Gasteiger partial charge is 0.410 e. The van der Waals surface area contributed by atoms with Crippen molar-refractivity contribution < 1.29 is 23.9 Å². The zero-order valence-electron chi connectivity index (χ0n) is 13.1. The van der Waals surface area contributed by atoms with Crippen LogP contribution in [-0.4, -0.2) is 42.9 Å². The second kappa shape index (κ2) is 8.31. The number of carbonyl (C=O) groups is 3. The highest BCUT2D eigenvalue weighted by molar-refractivity contribution is 5.81. The highest BCUT2D eigenvalue weighted by atomic mass is 16.6. The molecule has 6 nitrogen and oxygen atoms in total. The Balaban J connectivity index is 2.04. The van der Waals surface area contributed by atoms with Gasteiger partial charge in [0.2, 0.25) is 0 Å². The van der Waals surface area contributed by atoms with Crippen molar-refractivity contribution in [3.8, 4) is 0 Å². The Morgan fingerprint density at radius 1 is 1.22 bits per heavy atom. The number of rotatable bonds is 4. The highest BCUT2D eigenvalue weighted by Crippen LogP contribution is 2.22. The van der Waals surface area contributed by atoms with Gasteiger partial charge in [0.05, 0.1) is 7.11 Å². The van der Waals surface area contributed by atoms with E-state index in [0.717, 1.165) is 11.8 Å². The van der Waals surface area contributed by atoms with E-state index < -0.39 is 18.1 Å². The summed E-state index contributed by atoms with van der Waals surface area (Å²) in [5, 5.41) is 0. The van der Waals surface area contributed by atoms with Gasteiger partial charge in [0.1, 0.15) is 18.9 Å². The van der Waals surface area contributed by atoms with Gasteiger partial charge in [-0.15, -0.1) is 0 Å². The highest BCUT2D eigenvalue weighted by Gasteiger charge is 2.34. The van der Waals surface area contributed by atoms with Gasteiger partial charge < -0.3 is 14.3 Å². The Kier molecular flexibility index (Phi) is 6.14. The second-order valence-electron chi connectivity index (χ2n) is 5.53. The van der Waals surface area contributed by atoms with E-state index in [1.54, 1.807) is 0 Å². The Hall–Kier alpha value is -2.37. The number of nitrogens with zero attached hydrogens (tertiary/aromatic N) is 1. The number of hydrogen-bond acceptors (Lipinski definition) is 5. The molecule has 124 valence electrons. The van der Waals surface area contributed by atoms with Gasteiger partial charge >= 0.3 is 12.1 Å². The summed E-state index contributed by atoms with van der Waals surface area (Å²) in [4.78, 5) is 36.7. The summed E-state index contributed by atoms with van der Waals surface area (Å²) in [6.45, 7) is 0.442. The van der Waals surface area contributed by atoms with Crippen molar-refractivity contribution in [3.63, 3.8) is 0 Å². The largest absolute Gasteiger partial charge is 0.467 e. The molecule has 1 amide bonds. The maximum absolute atomic E-state index is 12.4. The summed E-state index contributed by atoms with van der Waals surface area (Å²) in [5.74, 6) is -0.623. The van der Waals surface area contributed by atoms with E-state index in [1.165, 1.54) is 12.0 Å². The average molecular weight is 319 g/mol. The van der Waals surface area contributed by atoms with Crippen LogP contribution in [0, 0.1) is 5.92 Å². The lowest BCUT2D eigenvalue weighted by molar-refractivity contribution is -0.146. The van der Waals surface area contributed by atoms with Crippen molar-refractivity contribution in [2.75, 3.05) is 13.7 Å². The molecule has 0 N–H and O–H groups in total. The molecule has 1 fully saturated rings. The minimum absolute atomic E-state index is 0.140. The van der Waals surface area contributed by atoms with Crippen molar-refractivity contribution >= 4 is 18.3 Å². The third kappa shape index (κ3) is 4.55. The molecule has 0 unspecified atom stereocenters. The number of benzene rings is 1. The Labute approximate surface area is 135 Å². The first-order valence-electron chi connectivity index (χ1n) is 7.66. The number of ether oxygens (including phenoxy) is 2. The molecule has 1 saturated heterocycles. The fraction of sp³-hybridized carbons (Fsp3) is 0.471. The Morgan fingerprint density at radius 2 is 1.96 bits per heavy atom. The van der Waals surface area contributed by atoms with E-state index in [4.69, 9.17) is 9.47 Å². The van der Waals surface area contributed by atoms with Crippen LogP contribution in [0.3, 0.4) is 0 Å². The van der Waals surface area contributed by atoms with Crippen LogP contribution in [-0.2, 0) is 25.7 Å². The molecular weight excluding hydrogens is 298 g/mol. The SMILES string of the molecule is COC(=O)[C@@H]1CC[C@H](C=O)CCN1C(=O)OCc1ccccc1. The van der Waals surface area contributed by atoms with Crippen LogP contribution >= 0.6 is 0 Å². The fourth-order valence-corrected chi connectivity index (χ4v) is 2.67. The molecule has 1 aromatic carbocycles. The molecule has 0 aromatic heterocycles. The van der Waals surface area contributed by atoms with Crippen LogP contribution < -0.4 is 0 Å². The van der Waals surface area contributed by atoms with Crippen LogP contribution in [0.15, 0.2) is 30.3 Å². The molecular formula is C17H21NO5. The maximum atomic E-state index is 12.4. The molecule has 1 aromatic rings. The van der Waals surface area contributed by atoms with Crippen molar-refractivity contribution in [3.05, 3.63) is 35.9 Å². The van der Waals surface area contributed by atoms with Gasteiger partial charge in [0.25, 0.3) is 0 Å².